The summed E-state index contributed by atoms with van der Waals surface area (Å²) in [5.74, 6) is 0. The summed E-state index contributed by atoms with van der Waals surface area (Å²) < 4.78 is 0. The number of hydrogen-bond donors (Lipinski definition) is 1. The van der Waals surface area contributed by atoms with Gasteiger partial charge in [0.1, 0.15) is 0 Å². The minimum atomic E-state index is -0.0910. The smallest absolute Gasteiger partial charge is 0.321 e. The van der Waals surface area contributed by atoms with Crippen LogP contribution in [0.3, 0.4) is 0 Å². The van der Waals surface area contributed by atoms with Crippen LogP contribution in [0.1, 0.15) is 22.3 Å². The van der Waals surface area contributed by atoms with Gasteiger partial charge in [-0.15, -0.1) is 0 Å². The number of benzene rings is 2. The molecule has 26 heavy (non-hydrogen) atoms. The molecular weight excluding hydrogens is 324 g/mol. The Kier molecular flexibility index (Phi) is 5.13. The van der Waals surface area contributed by atoms with Crippen molar-refractivity contribution in [1.29, 1.82) is 5.26 Å². The van der Waals surface area contributed by atoms with Crippen molar-refractivity contribution in [2.24, 2.45) is 0 Å². The number of nitriles is 1. The van der Waals surface area contributed by atoms with Crippen molar-refractivity contribution in [3.63, 3.8) is 0 Å². The first-order valence-corrected chi connectivity index (χ1v) is 8.87. The van der Waals surface area contributed by atoms with Gasteiger partial charge < -0.3 is 15.1 Å². The lowest BCUT2D eigenvalue weighted by Crippen LogP contribution is -2.50. The molecule has 5 heteroatoms. The summed E-state index contributed by atoms with van der Waals surface area (Å²) in [5.41, 5.74) is 6.45. The van der Waals surface area contributed by atoms with E-state index in [1.54, 1.807) is 24.3 Å². The number of amides is 2. The zero-order valence-electron chi connectivity index (χ0n) is 15.5. The average Bonchev–Trinajstić information content (AvgIpc) is 2.62. The molecule has 1 heterocycles. The lowest BCUT2D eigenvalue weighted by atomic mass is 10.0. The summed E-state index contributed by atoms with van der Waals surface area (Å²) in [4.78, 5) is 16.7. The Morgan fingerprint density at radius 3 is 2.12 bits per heavy atom. The molecule has 134 valence electrons. The van der Waals surface area contributed by atoms with Crippen LogP contribution >= 0.6 is 0 Å². The second-order valence-electron chi connectivity index (χ2n) is 6.84. The Bertz CT molecular complexity index is 820. The van der Waals surface area contributed by atoms with Crippen LogP contribution in [-0.2, 0) is 0 Å². The predicted octanol–water partition coefficient (Wildman–Crippen LogP) is 3.84. The number of rotatable bonds is 2. The van der Waals surface area contributed by atoms with Crippen LogP contribution in [0, 0.1) is 32.1 Å². The van der Waals surface area contributed by atoms with E-state index in [-0.39, 0.29) is 6.03 Å². The fraction of sp³-hybridized carbons (Fsp3) is 0.333. The highest BCUT2D eigenvalue weighted by Crippen LogP contribution is 2.27. The zero-order chi connectivity index (χ0) is 18.7. The number of urea groups is 1. The third-order valence-corrected chi connectivity index (χ3v) is 4.78. The van der Waals surface area contributed by atoms with Gasteiger partial charge in [-0.25, -0.2) is 4.79 Å². The molecule has 1 fully saturated rings. The fourth-order valence-electron chi connectivity index (χ4n) is 3.63. The van der Waals surface area contributed by atoms with Gasteiger partial charge in [-0.05, 0) is 56.2 Å². The van der Waals surface area contributed by atoms with Crippen LogP contribution in [0.5, 0.6) is 0 Å². The maximum Gasteiger partial charge on any atom is 0.321 e. The number of carbonyl (C=O) groups is 1. The van der Waals surface area contributed by atoms with E-state index >= 15 is 0 Å². The van der Waals surface area contributed by atoms with E-state index in [0.717, 1.165) is 13.1 Å². The van der Waals surface area contributed by atoms with E-state index in [9.17, 15) is 4.79 Å². The molecule has 0 radical (unpaired) electrons. The van der Waals surface area contributed by atoms with Crippen molar-refractivity contribution in [3.05, 3.63) is 58.7 Å². The molecule has 0 saturated carbocycles. The van der Waals surface area contributed by atoms with Crippen molar-refractivity contribution < 1.29 is 4.79 Å². The molecule has 2 aromatic carbocycles. The number of nitrogens with zero attached hydrogens (tertiary/aromatic N) is 3. The Morgan fingerprint density at radius 1 is 1.00 bits per heavy atom. The van der Waals surface area contributed by atoms with Crippen LogP contribution in [0.4, 0.5) is 16.2 Å². The fourth-order valence-corrected chi connectivity index (χ4v) is 3.63. The third-order valence-electron chi connectivity index (χ3n) is 4.78. The molecule has 2 amide bonds. The second kappa shape index (κ2) is 7.49. The lowest BCUT2D eigenvalue weighted by molar-refractivity contribution is 0.208. The molecule has 0 spiro atoms. The summed E-state index contributed by atoms with van der Waals surface area (Å²) in [6.45, 7) is 9.45. The zero-order valence-corrected chi connectivity index (χ0v) is 15.5. The molecule has 0 atom stereocenters. The van der Waals surface area contributed by atoms with Gasteiger partial charge in [0.05, 0.1) is 11.6 Å². The first-order chi connectivity index (χ1) is 12.5. The summed E-state index contributed by atoms with van der Waals surface area (Å²) in [6.07, 6.45) is 0. The normalized spacial score (nSPS) is 14.1. The maximum absolute atomic E-state index is 12.5. The molecule has 0 unspecified atom stereocenters. The van der Waals surface area contributed by atoms with Crippen LogP contribution in [0.25, 0.3) is 0 Å². The minimum absolute atomic E-state index is 0.0910. The van der Waals surface area contributed by atoms with E-state index in [4.69, 9.17) is 5.26 Å². The maximum atomic E-state index is 12.5. The van der Waals surface area contributed by atoms with Gasteiger partial charge in [0.2, 0.25) is 0 Å². The highest BCUT2D eigenvalue weighted by Gasteiger charge is 2.23. The summed E-state index contributed by atoms with van der Waals surface area (Å²) in [5, 5.41) is 11.7. The predicted molar refractivity (Wildman–Crippen MR) is 105 cm³/mol. The van der Waals surface area contributed by atoms with Crippen molar-refractivity contribution in [2.75, 3.05) is 36.4 Å². The van der Waals surface area contributed by atoms with Gasteiger partial charge in [-0.3, -0.25) is 0 Å². The Balaban J connectivity index is 1.61. The largest absolute Gasteiger partial charge is 0.368 e. The van der Waals surface area contributed by atoms with Crippen LogP contribution in [-0.4, -0.2) is 37.1 Å². The van der Waals surface area contributed by atoms with Gasteiger partial charge in [0.25, 0.3) is 0 Å². The Morgan fingerprint density at radius 2 is 1.58 bits per heavy atom. The van der Waals surface area contributed by atoms with E-state index in [0.29, 0.717) is 24.3 Å². The second-order valence-corrected chi connectivity index (χ2v) is 6.84. The first kappa shape index (κ1) is 17.8. The Labute approximate surface area is 154 Å². The first-order valence-electron chi connectivity index (χ1n) is 8.87. The molecule has 5 nitrogen and oxygen atoms in total. The third kappa shape index (κ3) is 3.80. The molecule has 3 rings (SSSR count). The van der Waals surface area contributed by atoms with Crippen LogP contribution in [0.2, 0.25) is 0 Å². The molecule has 0 aliphatic carbocycles. The molecule has 1 aliphatic heterocycles. The van der Waals surface area contributed by atoms with Crippen LogP contribution in [0.15, 0.2) is 36.4 Å². The highest BCUT2D eigenvalue weighted by molar-refractivity contribution is 5.89. The van der Waals surface area contributed by atoms with Crippen molar-refractivity contribution in [1.82, 2.24) is 4.90 Å². The summed E-state index contributed by atoms with van der Waals surface area (Å²) in [6, 6.07) is 13.3. The quantitative estimate of drug-likeness (QED) is 0.897. The standard InChI is InChI=1S/C21H24N4O/c1-15-12-16(2)20(17(3)13-15)24-8-10-25(11-9-24)21(26)23-19-6-4-18(14-22)5-7-19/h4-7,12-13H,8-11H2,1-3H3,(H,23,26). The number of nitrogens with one attached hydrogen (secondary N) is 1. The average molecular weight is 348 g/mol. The minimum Gasteiger partial charge on any atom is -0.368 e. The van der Waals surface area contributed by atoms with Gasteiger partial charge in [-0.1, -0.05) is 17.7 Å². The molecule has 0 aromatic heterocycles. The number of carbonyl (C=O) groups excluding carboxylic acids is 1. The van der Waals surface area contributed by atoms with Crippen LogP contribution < -0.4 is 10.2 Å². The number of piperazine rings is 1. The molecule has 1 saturated heterocycles. The van der Waals surface area contributed by atoms with E-state index in [1.807, 2.05) is 4.90 Å². The van der Waals surface area contributed by atoms with E-state index < -0.39 is 0 Å². The Hall–Kier alpha value is -3.00. The van der Waals surface area contributed by atoms with Gasteiger partial charge >= 0.3 is 6.03 Å². The topological polar surface area (TPSA) is 59.4 Å². The molecule has 0 bridgehead atoms. The monoisotopic (exact) mass is 348 g/mol. The SMILES string of the molecule is Cc1cc(C)c(N2CCN(C(=O)Nc3ccc(C#N)cc3)CC2)c(C)c1. The van der Waals surface area contributed by atoms with E-state index in [2.05, 4.69) is 49.2 Å². The summed E-state index contributed by atoms with van der Waals surface area (Å²) in [7, 11) is 0. The number of hydrogen-bond acceptors (Lipinski definition) is 3. The molecule has 1 aliphatic rings. The van der Waals surface area contributed by atoms with Crippen molar-refractivity contribution in [2.45, 2.75) is 20.8 Å². The highest BCUT2D eigenvalue weighted by atomic mass is 16.2. The van der Waals surface area contributed by atoms with Crippen molar-refractivity contribution in [3.8, 4) is 6.07 Å². The van der Waals surface area contributed by atoms with Gasteiger partial charge in [0, 0.05) is 37.6 Å². The molecule has 1 N–H and O–H groups in total. The van der Waals surface area contributed by atoms with Gasteiger partial charge in [-0.2, -0.15) is 5.26 Å². The molecule has 2 aromatic rings. The number of anilines is 2. The summed E-state index contributed by atoms with van der Waals surface area (Å²) >= 11 is 0. The molecular formula is C21H24N4O. The van der Waals surface area contributed by atoms with Crippen molar-refractivity contribution >= 4 is 17.4 Å². The van der Waals surface area contributed by atoms with Gasteiger partial charge in [0.15, 0.2) is 0 Å². The number of aryl methyl sites for hydroxylation is 3. The van der Waals surface area contributed by atoms with E-state index in [1.165, 1.54) is 22.4 Å². The lowest BCUT2D eigenvalue weighted by Gasteiger charge is -2.37.